The van der Waals surface area contributed by atoms with Gasteiger partial charge in [0, 0.05) is 12.4 Å². The summed E-state index contributed by atoms with van der Waals surface area (Å²) in [5.41, 5.74) is 0.0949. The lowest BCUT2D eigenvalue weighted by Gasteiger charge is -2.32. The molecule has 1 aromatic rings. The van der Waals surface area contributed by atoms with Gasteiger partial charge in [0.15, 0.2) is 0 Å². The van der Waals surface area contributed by atoms with Gasteiger partial charge in [0.25, 0.3) is 0 Å². The van der Waals surface area contributed by atoms with Crippen LogP contribution in [0.5, 0.6) is 0 Å². The molecule has 1 atom stereocenters. The third-order valence-corrected chi connectivity index (χ3v) is 3.62. The van der Waals surface area contributed by atoms with Crippen LogP contribution in [0.1, 0.15) is 19.3 Å². The van der Waals surface area contributed by atoms with Gasteiger partial charge in [0.2, 0.25) is 5.95 Å². The zero-order valence-electron chi connectivity index (χ0n) is 10.7. The molecule has 0 aromatic carbocycles. The highest BCUT2D eigenvalue weighted by atomic mass is 35.5. The van der Waals surface area contributed by atoms with E-state index >= 15 is 0 Å². The smallest absolute Gasteiger partial charge is 0.222 e. The van der Waals surface area contributed by atoms with Crippen molar-refractivity contribution in [3.8, 4) is 0 Å². The van der Waals surface area contributed by atoms with E-state index in [1.807, 2.05) is 6.07 Å². The maximum absolute atomic E-state index is 6.01. The van der Waals surface area contributed by atoms with Crippen molar-refractivity contribution in [3.63, 3.8) is 0 Å². The van der Waals surface area contributed by atoms with E-state index in [2.05, 4.69) is 20.6 Å². The fourth-order valence-corrected chi connectivity index (χ4v) is 2.72. The normalized spacial score (nSPS) is 24.3. The molecule has 2 aliphatic heterocycles. The van der Waals surface area contributed by atoms with Crippen molar-refractivity contribution in [1.29, 1.82) is 0 Å². The molecule has 0 bridgehead atoms. The van der Waals surface area contributed by atoms with Gasteiger partial charge in [-0.05, 0) is 38.4 Å². The summed E-state index contributed by atoms with van der Waals surface area (Å²) in [6, 6.07) is 2.17. The SMILES string of the molecule is Cl.Cl.c1cnc(NC2COC3(CCNCC3)C2)nc1. The van der Waals surface area contributed by atoms with Crippen LogP contribution < -0.4 is 10.6 Å². The molecule has 2 saturated heterocycles. The minimum atomic E-state index is 0. The summed E-state index contributed by atoms with van der Waals surface area (Å²) < 4.78 is 6.01. The van der Waals surface area contributed by atoms with Gasteiger partial charge in [-0.2, -0.15) is 0 Å². The minimum Gasteiger partial charge on any atom is -0.373 e. The second-order valence-corrected chi connectivity index (χ2v) is 4.86. The Morgan fingerprint density at radius 3 is 2.58 bits per heavy atom. The number of hydrogen-bond donors (Lipinski definition) is 2. The predicted molar refractivity (Wildman–Crippen MR) is 79.3 cm³/mol. The van der Waals surface area contributed by atoms with E-state index in [0.29, 0.717) is 12.0 Å². The molecular weight excluding hydrogens is 287 g/mol. The lowest BCUT2D eigenvalue weighted by molar-refractivity contribution is -0.0192. The highest BCUT2D eigenvalue weighted by Gasteiger charge is 2.41. The molecular formula is C12H20Cl2N4O. The van der Waals surface area contributed by atoms with Crippen LogP contribution in [0, 0.1) is 0 Å². The van der Waals surface area contributed by atoms with Crippen molar-refractivity contribution in [1.82, 2.24) is 15.3 Å². The number of ether oxygens (including phenoxy) is 1. The second kappa shape index (κ2) is 7.24. The van der Waals surface area contributed by atoms with Crippen molar-refractivity contribution in [2.45, 2.75) is 30.9 Å². The van der Waals surface area contributed by atoms with Gasteiger partial charge < -0.3 is 15.4 Å². The van der Waals surface area contributed by atoms with Gasteiger partial charge >= 0.3 is 0 Å². The molecule has 1 unspecified atom stereocenters. The molecule has 2 N–H and O–H groups in total. The highest BCUT2D eigenvalue weighted by Crippen LogP contribution is 2.34. The molecule has 3 heterocycles. The molecule has 0 saturated carbocycles. The molecule has 0 radical (unpaired) electrons. The molecule has 2 aliphatic rings. The molecule has 108 valence electrons. The quantitative estimate of drug-likeness (QED) is 0.870. The van der Waals surface area contributed by atoms with Gasteiger partial charge in [-0.15, -0.1) is 24.8 Å². The van der Waals surface area contributed by atoms with Crippen LogP contribution in [0.15, 0.2) is 18.5 Å². The lowest BCUT2D eigenvalue weighted by Crippen LogP contribution is -2.41. The molecule has 0 amide bonds. The first kappa shape index (κ1) is 16.4. The number of piperidine rings is 1. The predicted octanol–water partition coefficient (Wildman–Crippen LogP) is 1.64. The maximum Gasteiger partial charge on any atom is 0.222 e. The number of hydrogen-bond acceptors (Lipinski definition) is 5. The Labute approximate surface area is 125 Å². The average molecular weight is 307 g/mol. The topological polar surface area (TPSA) is 59.1 Å². The Morgan fingerprint density at radius 1 is 1.21 bits per heavy atom. The summed E-state index contributed by atoms with van der Waals surface area (Å²) in [7, 11) is 0. The van der Waals surface area contributed by atoms with Crippen LogP contribution in [0.4, 0.5) is 5.95 Å². The number of anilines is 1. The van der Waals surface area contributed by atoms with E-state index in [4.69, 9.17) is 4.74 Å². The Balaban J connectivity index is 0.000000902. The summed E-state index contributed by atoms with van der Waals surface area (Å²) in [6.07, 6.45) is 6.80. The number of nitrogens with zero attached hydrogens (tertiary/aromatic N) is 2. The molecule has 1 aromatic heterocycles. The van der Waals surface area contributed by atoms with Gasteiger partial charge in [-0.1, -0.05) is 0 Å². The fraction of sp³-hybridized carbons (Fsp3) is 0.667. The van der Waals surface area contributed by atoms with Gasteiger partial charge in [0.1, 0.15) is 0 Å². The summed E-state index contributed by atoms with van der Waals surface area (Å²) in [5.74, 6) is 0.701. The van der Waals surface area contributed by atoms with Crippen LogP contribution in [0.25, 0.3) is 0 Å². The maximum atomic E-state index is 6.01. The van der Waals surface area contributed by atoms with Crippen molar-refractivity contribution < 1.29 is 4.74 Å². The third-order valence-electron chi connectivity index (χ3n) is 3.62. The third kappa shape index (κ3) is 3.92. The van der Waals surface area contributed by atoms with E-state index in [0.717, 1.165) is 39.0 Å². The van der Waals surface area contributed by atoms with Crippen LogP contribution in [0.3, 0.4) is 0 Å². The van der Waals surface area contributed by atoms with Crippen LogP contribution >= 0.6 is 24.8 Å². The molecule has 7 heteroatoms. The number of nitrogens with one attached hydrogen (secondary N) is 2. The van der Waals surface area contributed by atoms with Gasteiger partial charge in [-0.25, -0.2) is 9.97 Å². The standard InChI is InChI=1S/C12H18N4O.2ClH/c1-4-14-11(15-5-1)16-10-8-12(17-9-10)2-6-13-7-3-12;;/h1,4-5,10,13H,2-3,6-9H2,(H,14,15,16);2*1H. The van der Waals surface area contributed by atoms with E-state index < -0.39 is 0 Å². The first-order valence-electron chi connectivity index (χ1n) is 6.25. The van der Waals surface area contributed by atoms with Crippen molar-refractivity contribution in [2.24, 2.45) is 0 Å². The number of aromatic nitrogens is 2. The fourth-order valence-electron chi connectivity index (χ4n) is 2.72. The monoisotopic (exact) mass is 306 g/mol. The highest BCUT2D eigenvalue weighted by molar-refractivity contribution is 5.85. The largest absolute Gasteiger partial charge is 0.373 e. The first-order valence-corrected chi connectivity index (χ1v) is 6.25. The zero-order chi connectivity index (χ0) is 11.6. The number of halogens is 2. The van der Waals surface area contributed by atoms with Crippen LogP contribution in [0.2, 0.25) is 0 Å². The van der Waals surface area contributed by atoms with Crippen molar-refractivity contribution >= 4 is 30.8 Å². The lowest BCUT2D eigenvalue weighted by atomic mass is 9.88. The molecule has 5 nitrogen and oxygen atoms in total. The Hall–Kier alpha value is -0.620. The minimum absolute atomic E-state index is 0. The second-order valence-electron chi connectivity index (χ2n) is 4.86. The summed E-state index contributed by atoms with van der Waals surface area (Å²) in [5, 5.41) is 6.72. The van der Waals surface area contributed by atoms with Gasteiger partial charge in [0.05, 0.1) is 18.2 Å². The molecule has 0 aliphatic carbocycles. The van der Waals surface area contributed by atoms with E-state index in [1.165, 1.54) is 0 Å². The molecule has 1 spiro atoms. The summed E-state index contributed by atoms with van der Waals surface area (Å²) >= 11 is 0. The van der Waals surface area contributed by atoms with E-state index in [9.17, 15) is 0 Å². The average Bonchev–Trinajstić information content (AvgIpc) is 2.74. The Morgan fingerprint density at radius 2 is 1.89 bits per heavy atom. The Kier molecular flexibility index (Phi) is 6.26. The molecule has 3 rings (SSSR count). The van der Waals surface area contributed by atoms with Crippen LogP contribution in [-0.4, -0.2) is 41.3 Å². The van der Waals surface area contributed by atoms with E-state index in [1.54, 1.807) is 12.4 Å². The molecule has 2 fully saturated rings. The van der Waals surface area contributed by atoms with Crippen LogP contribution in [-0.2, 0) is 4.74 Å². The Bertz CT molecular complexity index is 373. The molecule has 19 heavy (non-hydrogen) atoms. The summed E-state index contributed by atoms with van der Waals surface area (Å²) in [6.45, 7) is 2.89. The van der Waals surface area contributed by atoms with Gasteiger partial charge in [-0.3, -0.25) is 0 Å². The van der Waals surface area contributed by atoms with E-state index in [-0.39, 0.29) is 30.4 Å². The van der Waals surface area contributed by atoms with Crippen molar-refractivity contribution in [2.75, 3.05) is 25.0 Å². The first-order chi connectivity index (χ1) is 8.36. The summed E-state index contributed by atoms with van der Waals surface area (Å²) in [4.78, 5) is 8.37. The van der Waals surface area contributed by atoms with Crippen molar-refractivity contribution in [3.05, 3.63) is 18.5 Å². The zero-order valence-corrected chi connectivity index (χ0v) is 12.3. The number of rotatable bonds is 2.